The molecule has 6 heteroatoms. The van der Waals surface area contributed by atoms with Crippen LogP contribution in [0.1, 0.15) is 10.4 Å². The number of carbonyl (C=O) groups excluding carboxylic acids is 1. The standard InChI is InChI=1S/C24H20N2O4/c1-29-19-5-3-4-17(12-19)24(28)26-18-9-6-15(7-10-18)21-13-16-8-11-22(30-2)23(27)20(16)14-25-21/h3-14,27H,1-2H3,(H,26,28). The number of hydrogen-bond acceptors (Lipinski definition) is 5. The number of aromatic nitrogens is 1. The van der Waals surface area contributed by atoms with Crippen LogP contribution in [0.15, 0.2) is 72.9 Å². The fourth-order valence-electron chi connectivity index (χ4n) is 3.20. The lowest BCUT2D eigenvalue weighted by molar-refractivity contribution is 0.102. The lowest BCUT2D eigenvalue weighted by atomic mass is 10.1. The van der Waals surface area contributed by atoms with Gasteiger partial charge in [-0.25, -0.2) is 0 Å². The number of phenols is 1. The predicted molar refractivity (Wildman–Crippen MR) is 116 cm³/mol. The third-order valence-electron chi connectivity index (χ3n) is 4.83. The molecule has 1 heterocycles. The molecule has 30 heavy (non-hydrogen) atoms. The lowest BCUT2D eigenvalue weighted by Gasteiger charge is -2.09. The van der Waals surface area contributed by atoms with E-state index in [-0.39, 0.29) is 11.7 Å². The van der Waals surface area contributed by atoms with Crippen molar-refractivity contribution in [2.45, 2.75) is 0 Å². The van der Waals surface area contributed by atoms with Crippen molar-refractivity contribution in [2.24, 2.45) is 0 Å². The number of aromatic hydroxyl groups is 1. The Morgan fingerprint density at radius 1 is 0.967 bits per heavy atom. The number of hydrogen-bond donors (Lipinski definition) is 2. The Labute approximate surface area is 173 Å². The summed E-state index contributed by atoms with van der Waals surface area (Å²) < 4.78 is 10.3. The maximum atomic E-state index is 12.5. The number of ether oxygens (including phenoxy) is 2. The second-order valence-electron chi connectivity index (χ2n) is 6.67. The highest BCUT2D eigenvalue weighted by Crippen LogP contribution is 2.35. The fourth-order valence-corrected chi connectivity index (χ4v) is 3.20. The number of phenolic OH excluding ortho intramolecular Hbond substituents is 1. The molecule has 0 aliphatic carbocycles. The Kier molecular flexibility index (Phi) is 5.22. The van der Waals surface area contributed by atoms with Gasteiger partial charge in [0.15, 0.2) is 11.5 Å². The first kappa shape index (κ1) is 19.3. The van der Waals surface area contributed by atoms with E-state index in [0.717, 1.165) is 16.6 Å². The molecule has 0 atom stereocenters. The molecule has 0 bridgehead atoms. The lowest BCUT2D eigenvalue weighted by Crippen LogP contribution is -2.11. The Bertz CT molecular complexity index is 1220. The zero-order valence-corrected chi connectivity index (χ0v) is 16.5. The van der Waals surface area contributed by atoms with Gasteiger partial charge in [0, 0.05) is 28.4 Å². The third-order valence-corrected chi connectivity index (χ3v) is 4.83. The van der Waals surface area contributed by atoms with E-state index in [4.69, 9.17) is 9.47 Å². The maximum absolute atomic E-state index is 12.5. The average molecular weight is 400 g/mol. The van der Waals surface area contributed by atoms with Crippen molar-refractivity contribution in [1.29, 1.82) is 0 Å². The highest BCUT2D eigenvalue weighted by Gasteiger charge is 2.10. The topological polar surface area (TPSA) is 80.7 Å². The van der Waals surface area contributed by atoms with E-state index >= 15 is 0 Å². The number of pyridine rings is 1. The molecular formula is C24H20N2O4. The van der Waals surface area contributed by atoms with Crippen LogP contribution < -0.4 is 14.8 Å². The summed E-state index contributed by atoms with van der Waals surface area (Å²) in [6.45, 7) is 0. The SMILES string of the molecule is COc1cccc(C(=O)Nc2ccc(-c3cc4ccc(OC)c(O)c4cn3)cc2)c1. The first-order chi connectivity index (χ1) is 14.6. The number of nitrogens with one attached hydrogen (secondary N) is 1. The number of carbonyl (C=O) groups is 1. The molecule has 0 fully saturated rings. The second-order valence-corrected chi connectivity index (χ2v) is 6.67. The predicted octanol–water partition coefficient (Wildman–Crippen LogP) is 4.88. The Morgan fingerprint density at radius 3 is 2.50 bits per heavy atom. The van der Waals surface area contributed by atoms with Crippen LogP contribution in [0.3, 0.4) is 0 Å². The van der Waals surface area contributed by atoms with Crippen LogP contribution in [0, 0.1) is 0 Å². The number of fused-ring (bicyclic) bond motifs is 1. The Hall–Kier alpha value is -4.06. The molecule has 6 nitrogen and oxygen atoms in total. The largest absolute Gasteiger partial charge is 0.504 e. The molecule has 3 aromatic carbocycles. The van der Waals surface area contributed by atoms with Gasteiger partial charge in [0.2, 0.25) is 0 Å². The molecular weight excluding hydrogens is 380 g/mol. The van der Waals surface area contributed by atoms with Crippen molar-refractivity contribution >= 4 is 22.4 Å². The Morgan fingerprint density at radius 2 is 1.77 bits per heavy atom. The van der Waals surface area contributed by atoms with E-state index in [1.54, 1.807) is 43.6 Å². The van der Waals surface area contributed by atoms with Gasteiger partial charge < -0.3 is 19.9 Å². The van der Waals surface area contributed by atoms with Crippen LogP contribution in [0.2, 0.25) is 0 Å². The number of amides is 1. The first-order valence-corrected chi connectivity index (χ1v) is 9.30. The molecule has 0 aliphatic heterocycles. The van der Waals surface area contributed by atoms with Gasteiger partial charge in [-0.1, -0.05) is 24.3 Å². The molecule has 4 rings (SSSR count). The van der Waals surface area contributed by atoms with Crippen LogP contribution in [-0.4, -0.2) is 30.2 Å². The van der Waals surface area contributed by atoms with Crippen LogP contribution in [0.25, 0.3) is 22.0 Å². The second kappa shape index (κ2) is 8.13. The monoisotopic (exact) mass is 400 g/mol. The van der Waals surface area contributed by atoms with E-state index in [9.17, 15) is 9.90 Å². The van der Waals surface area contributed by atoms with Gasteiger partial charge in [0.25, 0.3) is 5.91 Å². The minimum atomic E-state index is -0.213. The summed E-state index contributed by atoms with van der Waals surface area (Å²) in [5.41, 5.74) is 2.85. The average Bonchev–Trinajstić information content (AvgIpc) is 2.79. The molecule has 0 spiro atoms. The molecule has 1 aromatic heterocycles. The van der Waals surface area contributed by atoms with E-state index in [2.05, 4.69) is 10.3 Å². The molecule has 0 unspecified atom stereocenters. The minimum Gasteiger partial charge on any atom is -0.504 e. The van der Waals surface area contributed by atoms with Crippen LogP contribution in [-0.2, 0) is 0 Å². The molecule has 0 aliphatic rings. The maximum Gasteiger partial charge on any atom is 0.255 e. The van der Waals surface area contributed by atoms with Crippen molar-refractivity contribution in [3.63, 3.8) is 0 Å². The zero-order valence-electron chi connectivity index (χ0n) is 16.5. The van der Waals surface area contributed by atoms with Gasteiger partial charge in [-0.3, -0.25) is 9.78 Å². The molecule has 0 saturated carbocycles. The summed E-state index contributed by atoms with van der Waals surface area (Å²) in [6.07, 6.45) is 1.63. The van der Waals surface area contributed by atoms with E-state index in [1.165, 1.54) is 7.11 Å². The van der Waals surface area contributed by atoms with Gasteiger partial charge in [-0.2, -0.15) is 0 Å². The van der Waals surface area contributed by atoms with Crippen LogP contribution in [0.5, 0.6) is 17.2 Å². The highest BCUT2D eigenvalue weighted by molar-refractivity contribution is 6.04. The van der Waals surface area contributed by atoms with Gasteiger partial charge in [0.1, 0.15) is 5.75 Å². The molecule has 150 valence electrons. The summed E-state index contributed by atoms with van der Waals surface area (Å²) in [6, 6.07) is 19.9. The number of anilines is 1. The van der Waals surface area contributed by atoms with Crippen molar-refractivity contribution in [1.82, 2.24) is 4.98 Å². The van der Waals surface area contributed by atoms with E-state index < -0.39 is 0 Å². The van der Waals surface area contributed by atoms with Crippen LogP contribution >= 0.6 is 0 Å². The van der Waals surface area contributed by atoms with Crippen molar-refractivity contribution in [2.75, 3.05) is 19.5 Å². The summed E-state index contributed by atoms with van der Waals surface area (Å²) in [7, 11) is 3.08. The number of methoxy groups -OCH3 is 2. The van der Waals surface area contributed by atoms with Crippen molar-refractivity contribution in [3.05, 3.63) is 78.5 Å². The normalized spacial score (nSPS) is 10.6. The van der Waals surface area contributed by atoms with Gasteiger partial charge >= 0.3 is 0 Å². The quantitative estimate of drug-likeness (QED) is 0.499. The zero-order chi connectivity index (χ0) is 21.1. The molecule has 0 radical (unpaired) electrons. The summed E-state index contributed by atoms with van der Waals surface area (Å²) >= 11 is 0. The van der Waals surface area contributed by atoms with E-state index in [0.29, 0.717) is 28.1 Å². The van der Waals surface area contributed by atoms with Crippen molar-refractivity contribution < 1.29 is 19.4 Å². The van der Waals surface area contributed by atoms with Crippen LogP contribution in [0.4, 0.5) is 5.69 Å². The Balaban J connectivity index is 1.55. The molecule has 2 N–H and O–H groups in total. The van der Waals surface area contributed by atoms with Gasteiger partial charge in [0.05, 0.1) is 19.9 Å². The highest BCUT2D eigenvalue weighted by atomic mass is 16.5. The number of benzene rings is 3. The fraction of sp³-hybridized carbons (Fsp3) is 0.0833. The summed E-state index contributed by atoms with van der Waals surface area (Å²) in [5.74, 6) is 0.900. The summed E-state index contributed by atoms with van der Waals surface area (Å²) in [5, 5.41) is 14.6. The molecule has 4 aromatic rings. The summed E-state index contributed by atoms with van der Waals surface area (Å²) in [4.78, 5) is 16.9. The number of nitrogens with zero attached hydrogens (tertiary/aromatic N) is 1. The minimum absolute atomic E-state index is 0.0738. The molecule has 1 amide bonds. The van der Waals surface area contributed by atoms with Crippen molar-refractivity contribution in [3.8, 4) is 28.5 Å². The van der Waals surface area contributed by atoms with Gasteiger partial charge in [-0.05, 0) is 47.9 Å². The van der Waals surface area contributed by atoms with Gasteiger partial charge in [-0.15, -0.1) is 0 Å². The smallest absolute Gasteiger partial charge is 0.255 e. The molecule has 0 saturated heterocycles. The number of rotatable bonds is 5. The van der Waals surface area contributed by atoms with E-state index in [1.807, 2.05) is 36.4 Å². The first-order valence-electron chi connectivity index (χ1n) is 9.30. The third kappa shape index (κ3) is 3.75.